The van der Waals surface area contributed by atoms with Gasteiger partial charge < -0.3 is 4.70 Å². The van der Waals surface area contributed by atoms with Gasteiger partial charge in [0.05, 0.1) is 23.3 Å². The molecule has 3 aromatic carbocycles. The van der Waals surface area contributed by atoms with Crippen LogP contribution in [0.3, 0.4) is 0 Å². The molecule has 0 radical (unpaired) electrons. The van der Waals surface area contributed by atoms with E-state index in [0.717, 1.165) is 22.6 Å². The molecule has 34 heavy (non-hydrogen) atoms. The quantitative estimate of drug-likeness (QED) is 0.205. The molecule has 0 saturated heterocycles. The van der Waals surface area contributed by atoms with Gasteiger partial charge in [0.25, 0.3) is 0 Å². The topological polar surface area (TPSA) is 11.3 Å². The Hall–Kier alpha value is -3.41. The highest BCUT2D eigenvalue weighted by Crippen LogP contribution is 2.36. The van der Waals surface area contributed by atoms with Crippen LogP contribution in [0.5, 0.6) is 0 Å². The molecule has 0 aliphatic heterocycles. The lowest BCUT2D eigenvalue weighted by Gasteiger charge is -2.11. The average Bonchev–Trinajstić information content (AvgIpc) is 2.73. The Morgan fingerprint density at radius 1 is 0.529 bits per heavy atom. The number of benzene rings is 3. The number of hydrogen-bond acceptors (Lipinski definition) is 0. The predicted molar refractivity (Wildman–Crippen MR) is 132 cm³/mol. The highest BCUT2D eigenvalue weighted by molar-refractivity contribution is 6.33. The van der Waals surface area contributed by atoms with Crippen LogP contribution in [-0.2, 0) is 0 Å². The Labute approximate surface area is 198 Å². The molecule has 0 N–H and O–H groups in total. The molecule has 1 aromatic heterocycles. The lowest BCUT2D eigenvalue weighted by Crippen LogP contribution is -3.00. The van der Waals surface area contributed by atoms with Crippen molar-refractivity contribution in [2.45, 2.75) is 34.6 Å². The fraction of sp³-hybridized carbons (Fsp3) is 0.179. The predicted octanol–water partition coefficient (Wildman–Crippen LogP) is 5.99. The molecule has 0 amide bonds. The van der Waals surface area contributed by atoms with Gasteiger partial charge in [-0.3, -0.25) is 12.9 Å². The lowest BCUT2D eigenvalue weighted by atomic mass is 9.92. The van der Waals surface area contributed by atoms with Crippen LogP contribution in [0.4, 0.5) is 12.9 Å². The van der Waals surface area contributed by atoms with Gasteiger partial charge >= 0.3 is 19.1 Å². The van der Waals surface area contributed by atoms with E-state index in [4.69, 9.17) is 4.42 Å². The van der Waals surface area contributed by atoms with Gasteiger partial charge in [0.1, 0.15) is 0 Å². The summed E-state index contributed by atoms with van der Waals surface area (Å²) in [7, 11) is -3.67. The molecule has 4 aromatic rings. The third-order valence-corrected chi connectivity index (χ3v) is 5.43. The summed E-state index contributed by atoms with van der Waals surface area (Å²) in [4.78, 5) is 0. The van der Waals surface area contributed by atoms with Crippen molar-refractivity contribution in [3.63, 3.8) is 0 Å². The molecular formula is C28H27BF4O. The molecule has 1 nitrogen and oxygen atoms in total. The van der Waals surface area contributed by atoms with E-state index in [1.54, 1.807) is 0 Å². The Morgan fingerprint density at radius 2 is 0.882 bits per heavy atom. The van der Waals surface area contributed by atoms with Crippen molar-refractivity contribution in [1.82, 2.24) is 0 Å². The maximum Gasteiger partial charge on any atom is 0.762 e. The Kier molecular flexibility index (Phi) is 9.19. The average molecular weight is 466 g/mol. The van der Waals surface area contributed by atoms with Crippen LogP contribution in [0.15, 0.2) is 77.2 Å². The van der Waals surface area contributed by atoms with Crippen LogP contribution in [0.2, 0.25) is 0 Å². The Bertz CT molecular complexity index is 1150. The zero-order chi connectivity index (χ0) is 24.1. The zero-order valence-electron chi connectivity index (χ0n) is 19.9. The molecule has 176 valence electrons. The second-order valence-electron chi connectivity index (χ2n) is 8.33. The smallest absolute Gasteiger partial charge is 0.762 e. The van der Waals surface area contributed by atoms with Crippen LogP contribution >= 0.6 is 0 Å². The third kappa shape index (κ3) is 6.80. The van der Waals surface area contributed by atoms with E-state index in [-0.39, 0.29) is 4.70 Å². The largest absolute Gasteiger partial charge is 1.00 e. The van der Waals surface area contributed by atoms with E-state index in [2.05, 4.69) is 107 Å². The van der Waals surface area contributed by atoms with Crippen molar-refractivity contribution < 1.29 is 22.1 Å². The van der Waals surface area contributed by atoms with E-state index in [0.29, 0.717) is 0 Å². The van der Waals surface area contributed by atoms with E-state index >= 15 is 0 Å². The van der Waals surface area contributed by atoms with Crippen molar-refractivity contribution in [1.29, 1.82) is 0 Å². The molecule has 1 heterocycles. The molecule has 0 fully saturated rings. The van der Waals surface area contributed by atoms with Crippen LogP contribution < -0.4 is 4.70 Å². The minimum atomic E-state index is -3.67. The monoisotopic (exact) mass is 466 g/mol. The summed E-state index contributed by atoms with van der Waals surface area (Å²) < 4.78 is 35.4. The summed E-state index contributed by atoms with van der Waals surface area (Å²) in [5, 5.41) is 0. The van der Waals surface area contributed by atoms with Crippen LogP contribution in [0.1, 0.15) is 27.8 Å². The summed E-state index contributed by atoms with van der Waals surface area (Å²) >= 11 is 0. The van der Waals surface area contributed by atoms with E-state index in [1.807, 2.05) is 0 Å². The second-order valence-corrected chi connectivity index (χ2v) is 8.33. The number of rotatable bonds is 3. The summed E-state index contributed by atoms with van der Waals surface area (Å²) in [5.41, 5.74) is 11.0. The number of hydrogen-bond donors (Lipinski definition) is 0. The van der Waals surface area contributed by atoms with Gasteiger partial charge in [-0.05, 0) is 75.6 Å². The normalized spacial score (nSPS) is 10.1. The van der Waals surface area contributed by atoms with Crippen molar-refractivity contribution in [3.05, 3.63) is 101 Å². The van der Waals surface area contributed by atoms with Crippen LogP contribution in [0.25, 0.3) is 33.8 Å². The van der Waals surface area contributed by atoms with Crippen molar-refractivity contribution in [2.75, 3.05) is 0 Å². The molecule has 4 rings (SSSR count). The van der Waals surface area contributed by atoms with Gasteiger partial charge in [-0.15, -0.1) is 0 Å². The summed E-state index contributed by atoms with van der Waals surface area (Å²) in [6, 6.07) is 25.9. The molecule has 0 aliphatic carbocycles. The van der Waals surface area contributed by atoms with Crippen molar-refractivity contribution >= 4 is 7.54 Å². The van der Waals surface area contributed by atoms with Gasteiger partial charge in [-0.25, -0.2) is 4.42 Å². The first-order valence-electron chi connectivity index (χ1n) is 10.8. The van der Waals surface area contributed by atoms with Gasteiger partial charge in [0, 0.05) is 5.56 Å². The Balaban J connectivity index is 0.000000758. The number of halogens is 4. The summed E-state index contributed by atoms with van der Waals surface area (Å²) in [5.74, 6) is 1.77. The first-order chi connectivity index (χ1) is 15.6. The molecule has 0 aliphatic rings. The lowest BCUT2D eigenvalue weighted by molar-refractivity contribution is -0.0000102. The van der Waals surface area contributed by atoms with E-state index in [1.165, 1.54) is 38.9 Å². The summed E-state index contributed by atoms with van der Waals surface area (Å²) in [6.45, 7) is 10.7. The summed E-state index contributed by atoms with van der Waals surface area (Å²) in [6.07, 6.45) is 0. The molecule has 0 saturated carbocycles. The van der Waals surface area contributed by atoms with Gasteiger partial charge in [-0.1, -0.05) is 53.1 Å². The minimum Gasteiger partial charge on any atom is -1.00 e. The van der Waals surface area contributed by atoms with Gasteiger partial charge in [0.15, 0.2) is 0 Å². The highest BCUT2D eigenvalue weighted by Gasteiger charge is 2.22. The maximum atomic E-state index is 9.67. The van der Waals surface area contributed by atoms with Gasteiger partial charge in [0.2, 0.25) is 0 Å². The van der Waals surface area contributed by atoms with Crippen LogP contribution in [0, 0.1) is 34.6 Å². The Morgan fingerprint density at radius 3 is 1.24 bits per heavy atom. The first-order valence-corrected chi connectivity index (χ1v) is 10.8. The fourth-order valence-electron chi connectivity index (χ4n) is 4.00. The number of aryl methyl sites for hydroxylation is 5. The van der Waals surface area contributed by atoms with Crippen molar-refractivity contribution in [2.24, 2.45) is 0 Å². The third-order valence-electron chi connectivity index (χ3n) is 5.43. The molecule has 0 unspecified atom stereocenters. The minimum absolute atomic E-state index is 0. The molecule has 0 atom stereocenters. The SMILES string of the molecule is Cc1ccc(-c2cc(-c3c(C)cc(C)cc3C)cc(-c3ccc(C)cc3)[o+]2)cc1.FB(F)F.[F-]. The maximum absolute atomic E-state index is 9.67. The highest BCUT2D eigenvalue weighted by atomic mass is 19.4. The molecule has 0 spiro atoms. The van der Waals surface area contributed by atoms with E-state index in [9.17, 15) is 12.9 Å². The standard InChI is InChI=1S/C28H27O.BF3.FH/c1-18-6-10-23(11-7-18)26-16-25(28-21(4)14-20(3)15-22(28)5)17-27(29-26)24-12-8-19(2)9-13-24;2-1(3)4;/h6-17H,1-5H3;;1H/q+1;;/p-1. The van der Waals surface area contributed by atoms with Crippen molar-refractivity contribution in [3.8, 4) is 33.8 Å². The molecule has 0 bridgehead atoms. The fourth-order valence-corrected chi connectivity index (χ4v) is 4.00. The zero-order valence-corrected chi connectivity index (χ0v) is 19.9. The second kappa shape index (κ2) is 11.6. The molecular weight excluding hydrogens is 439 g/mol. The first kappa shape index (κ1) is 26.8. The van der Waals surface area contributed by atoms with Crippen LogP contribution in [-0.4, -0.2) is 7.54 Å². The molecule has 6 heteroatoms. The van der Waals surface area contributed by atoms with Gasteiger partial charge in [-0.2, -0.15) is 0 Å². The van der Waals surface area contributed by atoms with E-state index < -0.39 is 7.54 Å².